The average Bonchev–Trinajstić information content (AvgIpc) is 2.30. The quantitative estimate of drug-likeness (QED) is 0.512. The molecular weight excluding hydrogens is 277 g/mol. The molecule has 0 fully saturated rings. The Kier molecular flexibility index (Phi) is 9.48. The van der Waals surface area contributed by atoms with Crippen LogP contribution in [0.2, 0.25) is 0 Å². The molecule has 0 amide bonds. The van der Waals surface area contributed by atoms with Crippen LogP contribution in [0.4, 0.5) is 13.2 Å². The van der Waals surface area contributed by atoms with Crippen LogP contribution in [0.3, 0.4) is 0 Å². The highest BCUT2D eigenvalue weighted by molar-refractivity contribution is 7.92. The smallest absolute Gasteiger partial charge is 0.220 e. The summed E-state index contributed by atoms with van der Waals surface area (Å²) in [5, 5.41) is 0. The van der Waals surface area contributed by atoms with E-state index in [-0.39, 0.29) is 6.42 Å². The van der Waals surface area contributed by atoms with Crippen molar-refractivity contribution in [2.45, 2.75) is 76.6 Å². The van der Waals surface area contributed by atoms with Gasteiger partial charge in [-0.05, 0) is 6.42 Å². The molecule has 0 unspecified atom stereocenters. The molecule has 0 bridgehead atoms. The lowest BCUT2D eigenvalue weighted by Crippen LogP contribution is -2.26. The van der Waals surface area contributed by atoms with Gasteiger partial charge in [-0.25, -0.2) is 8.42 Å². The zero-order valence-electron chi connectivity index (χ0n) is 11.6. The van der Waals surface area contributed by atoms with Crippen LogP contribution in [-0.4, -0.2) is 19.7 Å². The highest BCUT2D eigenvalue weighted by Crippen LogP contribution is 2.24. The summed E-state index contributed by atoms with van der Waals surface area (Å²) in [7, 11) is -4.91. The van der Waals surface area contributed by atoms with Gasteiger partial charge in [0.25, 0.3) is 0 Å². The number of sulfone groups is 1. The van der Waals surface area contributed by atoms with Gasteiger partial charge < -0.3 is 0 Å². The summed E-state index contributed by atoms with van der Waals surface area (Å²) in [4.78, 5) is 0. The molecule has 0 rings (SSSR count). The SMILES string of the molecule is CCCCCCCCCCCCS(=O)(=O)C(F)(F)F. The van der Waals surface area contributed by atoms with E-state index in [4.69, 9.17) is 0 Å². The van der Waals surface area contributed by atoms with Crippen LogP contribution < -0.4 is 0 Å². The number of hydrogen-bond acceptors (Lipinski definition) is 2. The molecule has 0 aliphatic heterocycles. The van der Waals surface area contributed by atoms with Gasteiger partial charge in [0.05, 0.1) is 5.75 Å². The zero-order valence-corrected chi connectivity index (χ0v) is 12.5. The van der Waals surface area contributed by atoms with E-state index in [2.05, 4.69) is 6.92 Å². The van der Waals surface area contributed by atoms with E-state index in [9.17, 15) is 21.6 Å². The Bertz CT molecular complexity index is 310. The predicted molar refractivity (Wildman–Crippen MR) is 71.7 cm³/mol. The van der Waals surface area contributed by atoms with Crippen LogP contribution >= 0.6 is 0 Å². The molecule has 19 heavy (non-hydrogen) atoms. The standard InChI is InChI=1S/C13H25F3O2S/c1-2-3-4-5-6-7-8-9-10-11-12-19(17,18)13(14,15)16/h2-12H2,1H3. The van der Waals surface area contributed by atoms with E-state index in [0.29, 0.717) is 6.42 Å². The summed E-state index contributed by atoms with van der Waals surface area (Å²) in [5.41, 5.74) is -5.09. The Labute approximate surface area is 114 Å². The summed E-state index contributed by atoms with van der Waals surface area (Å²) < 4.78 is 57.6. The summed E-state index contributed by atoms with van der Waals surface area (Å²) in [6.07, 6.45) is 9.68. The number of hydrogen-bond donors (Lipinski definition) is 0. The number of alkyl halides is 3. The third-order valence-corrected chi connectivity index (χ3v) is 4.65. The molecule has 0 aromatic rings. The van der Waals surface area contributed by atoms with Gasteiger partial charge in [0.1, 0.15) is 0 Å². The third kappa shape index (κ3) is 9.30. The monoisotopic (exact) mass is 302 g/mol. The van der Waals surface area contributed by atoms with Crippen molar-refractivity contribution in [3.8, 4) is 0 Å². The van der Waals surface area contributed by atoms with Crippen molar-refractivity contribution in [2.24, 2.45) is 0 Å². The van der Waals surface area contributed by atoms with Crippen molar-refractivity contribution in [3.05, 3.63) is 0 Å². The number of unbranched alkanes of at least 4 members (excludes halogenated alkanes) is 9. The molecule has 6 heteroatoms. The molecule has 0 aromatic carbocycles. The minimum Gasteiger partial charge on any atom is -0.220 e. The van der Waals surface area contributed by atoms with Crippen LogP contribution in [0.1, 0.15) is 71.1 Å². The Hall–Kier alpha value is -0.260. The number of rotatable bonds is 11. The van der Waals surface area contributed by atoms with Gasteiger partial charge in [-0.1, -0.05) is 64.7 Å². The number of halogens is 3. The topological polar surface area (TPSA) is 34.1 Å². The second-order valence-corrected chi connectivity index (χ2v) is 7.05. The summed E-state index contributed by atoms with van der Waals surface area (Å²) in [6, 6.07) is 0. The molecule has 0 atom stereocenters. The fourth-order valence-corrected chi connectivity index (χ4v) is 2.71. The van der Waals surface area contributed by atoms with Crippen LogP contribution in [0.15, 0.2) is 0 Å². The lowest BCUT2D eigenvalue weighted by Gasteiger charge is -2.07. The molecule has 116 valence electrons. The van der Waals surface area contributed by atoms with Crippen LogP contribution in [0.5, 0.6) is 0 Å². The van der Waals surface area contributed by atoms with Crippen molar-refractivity contribution in [1.82, 2.24) is 0 Å². The van der Waals surface area contributed by atoms with Gasteiger partial charge in [0.15, 0.2) is 0 Å². The second-order valence-electron chi connectivity index (χ2n) is 4.95. The van der Waals surface area contributed by atoms with E-state index in [1.165, 1.54) is 32.1 Å². The zero-order chi connectivity index (χ0) is 14.8. The maximum atomic E-state index is 12.0. The van der Waals surface area contributed by atoms with Gasteiger partial charge in [0, 0.05) is 0 Å². The maximum Gasteiger partial charge on any atom is 0.497 e. The third-order valence-electron chi connectivity index (χ3n) is 3.12. The van der Waals surface area contributed by atoms with Gasteiger partial charge >= 0.3 is 5.51 Å². The average molecular weight is 302 g/mol. The van der Waals surface area contributed by atoms with Crippen molar-refractivity contribution in [1.29, 1.82) is 0 Å². The lowest BCUT2D eigenvalue weighted by molar-refractivity contribution is -0.0435. The molecular formula is C13H25F3O2S. The van der Waals surface area contributed by atoms with E-state index in [1.807, 2.05) is 0 Å². The molecule has 0 heterocycles. The molecule has 0 aromatic heterocycles. The van der Waals surface area contributed by atoms with E-state index >= 15 is 0 Å². The van der Waals surface area contributed by atoms with E-state index in [0.717, 1.165) is 19.3 Å². The highest BCUT2D eigenvalue weighted by atomic mass is 32.2. The maximum absolute atomic E-state index is 12.0. The highest BCUT2D eigenvalue weighted by Gasteiger charge is 2.44. The molecule has 0 aliphatic rings. The molecule has 0 saturated carbocycles. The normalized spacial score (nSPS) is 12.8. The fourth-order valence-electron chi connectivity index (χ4n) is 1.90. The van der Waals surface area contributed by atoms with Gasteiger partial charge in [-0.3, -0.25) is 0 Å². The van der Waals surface area contributed by atoms with Gasteiger partial charge in [-0.2, -0.15) is 13.2 Å². The van der Waals surface area contributed by atoms with E-state index < -0.39 is 21.1 Å². The van der Waals surface area contributed by atoms with E-state index in [1.54, 1.807) is 0 Å². The summed E-state index contributed by atoms with van der Waals surface area (Å²) in [6.45, 7) is 2.16. The Morgan fingerprint density at radius 1 is 0.737 bits per heavy atom. The molecule has 0 saturated heterocycles. The lowest BCUT2D eigenvalue weighted by atomic mass is 10.1. The molecule has 0 radical (unpaired) electrons. The second kappa shape index (κ2) is 9.61. The van der Waals surface area contributed by atoms with Crippen molar-refractivity contribution in [2.75, 3.05) is 5.75 Å². The largest absolute Gasteiger partial charge is 0.497 e. The summed E-state index contributed by atoms with van der Waals surface area (Å²) in [5.74, 6) is -0.771. The summed E-state index contributed by atoms with van der Waals surface area (Å²) >= 11 is 0. The van der Waals surface area contributed by atoms with Crippen molar-refractivity contribution < 1.29 is 21.6 Å². The van der Waals surface area contributed by atoms with Gasteiger partial charge in [0.2, 0.25) is 9.84 Å². The fraction of sp³-hybridized carbons (Fsp3) is 1.00. The minimum absolute atomic E-state index is 0.109. The predicted octanol–water partition coefficient (Wildman–Crippen LogP) is 4.84. The molecule has 0 N–H and O–H groups in total. The Morgan fingerprint density at radius 2 is 1.11 bits per heavy atom. The van der Waals surface area contributed by atoms with Crippen molar-refractivity contribution >= 4 is 9.84 Å². The minimum atomic E-state index is -5.09. The molecule has 0 aliphatic carbocycles. The van der Waals surface area contributed by atoms with Crippen LogP contribution in [-0.2, 0) is 9.84 Å². The first kappa shape index (κ1) is 18.7. The molecule has 0 spiro atoms. The van der Waals surface area contributed by atoms with Crippen LogP contribution in [0.25, 0.3) is 0 Å². The van der Waals surface area contributed by atoms with Gasteiger partial charge in [-0.15, -0.1) is 0 Å². The van der Waals surface area contributed by atoms with Crippen LogP contribution in [0, 0.1) is 0 Å². The Morgan fingerprint density at radius 3 is 1.47 bits per heavy atom. The first-order valence-corrected chi connectivity index (χ1v) is 8.75. The van der Waals surface area contributed by atoms with Crippen molar-refractivity contribution in [3.63, 3.8) is 0 Å². The Balaban J connectivity index is 3.42. The first-order chi connectivity index (χ1) is 8.81. The molecule has 2 nitrogen and oxygen atoms in total. The first-order valence-electron chi connectivity index (χ1n) is 7.10.